The number of aromatic carboxylic acids is 1. The second-order valence-electron chi connectivity index (χ2n) is 5.17. The fourth-order valence-corrected chi connectivity index (χ4v) is 2.06. The maximum atomic E-state index is 11.9. The van der Waals surface area contributed by atoms with Crippen LogP contribution < -0.4 is 0 Å². The highest BCUT2D eigenvalue weighted by Gasteiger charge is 2.11. The molecule has 0 aromatic heterocycles. The molecule has 0 spiro atoms. The van der Waals surface area contributed by atoms with E-state index in [4.69, 9.17) is 9.84 Å². The Morgan fingerprint density at radius 1 is 0.960 bits per heavy atom. The minimum atomic E-state index is -1.11. The van der Waals surface area contributed by atoms with Crippen molar-refractivity contribution in [3.63, 3.8) is 0 Å². The summed E-state index contributed by atoms with van der Waals surface area (Å²) in [6.45, 7) is 1.55. The third kappa shape index (κ3) is 5.28. The van der Waals surface area contributed by atoms with E-state index in [0.717, 1.165) is 11.6 Å². The zero-order valence-corrected chi connectivity index (χ0v) is 13.5. The Morgan fingerprint density at radius 2 is 1.60 bits per heavy atom. The molecule has 5 nitrogen and oxygen atoms in total. The van der Waals surface area contributed by atoms with Gasteiger partial charge in [-0.1, -0.05) is 48.5 Å². The Morgan fingerprint density at radius 3 is 2.28 bits per heavy atom. The standard InChI is InChI=1S/C20H16O5/c1-14(13-15-7-3-2-4-8-15)20(24)25-18(21)12-11-16-9-5-6-10-17(16)19(22)23/h2-13H,1H3,(H,22,23). The molecule has 25 heavy (non-hydrogen) atoms. The second-order valence-corrected chi connectivity index (χ2v) is 5.17. The van der Waals surface area contributed by atoms with E-state index in [2.05, 4.69) is 0 Å². The molecular weight excluding hydrogens is 320 g/mol. The largest absolute Gasteiger partial charge is 0.478 e. The lowest BCUT2D eigenvalue weighted by molar-refractivity contribution is -0.153. The molecule has 0 aliphatic rings. The smallest absolute Gasteiger partial charge is 0.341 e. The van der Waals surface area contributed by atoms with E-state index in [-0.39, 0.29) is 11.1 Å². The van der Waals surface area contributed by atoms with E-state index in [1.807, 2.05) is 30.3 Å². The van der Waals surface area contributed by atoms with E-state index in [1.54, 1.807) is 31.2 Å². The summed E-state index contributed by atoms with van der Waals surface area (Å²) >= 11 is 0. The number of hydrogen-bond donors (Lipinski definition) is 1. The normalized spacial score (nSPS) is 11.3. The Kier molecular flexibility index (Phi) is 6.01. The number of rotatable bonds is 5. The summed E-state index contributed by atoms with van der Waals surface area (Å²) in [5.74, 6) is -2.73. The first kappa shape index (κ1) is 17.9. The number of esters is 2. The van der Waals surface area contributed by atoms with Gasteiger partial charge >= 0.3 is 17.9 Å². The van der Waals surface area contributed by atoms with Crippen molar-refractivity contribution in [3.8, 4) is 0 Å². The molecule has 0 radical (unpaired) electrons. The first-order chi connectivity index (χ1) is 12.0. The predicted molar refractivity (Wildman–Crippen MR) is 93.6 cm³/mol. The average Bonchev–Trinajstić information content (AvgIpc) is 2.61. The maximum Gasteiger partial charge on any atom is 0.341 e. The molecule has 0 unspecified atom stereocenters. The molecule has 0 amide bonds. The Bertz CT molecular complexity index is 847. The highest BCUT2D eigenvalue weighted by atomic mass is 16.6. The molecule has 2 aromatic rings. The van der Waals surface area contributed by atoms with Crippen LogP contribution in [0.3, 0.4) is 0 Å². The number of carbonyl (C=O) groups is 3. The van der Waals surface area contributed by atoms with Crippen molar-refractivity contribution in [2.45, 2.75) is 6.92 Å². The van der Waals surface area contributed by atoms with Gasteiger partial charge in [-0.15, -0.1) is 0 Å². The number of benzene rings is 2. The van der Waals surface area contributed by atoms with Crippen LogP contribution in [-0.2, 0) is 14.3 Å². The fraction of sp³-hybridized carbons (Fsp3) is 0.0500. The van der Waals surface area contributed by atoms with Crippen LogP contribution in [0.1, 0.15) is 28.4 Å². The minimum Gasteiger partial charge on any atom is -0.478 e. The minimum absolute atomic E-state index is 0.0537. The monoisotopic (exact) mass is 336 g/mol. The van der Waals surface area contributed by atoms with Crippen molar-refractivity contribution < 1.29 is 24.2 Å². The van der Waals surface area contributed by atoms with Crippen molar-refractivity contribution in [3.05, 3.63) is 82.9 Å². The molecule has 126 valence electrons. The number of carboxylic acids is 1. The summed E-state index contributed by atoms with van der Waals surface area (Å²) in [6, 6.07) is 15.4. The van der Waals surface area contributed by atoms with Gasteiger partial charge in [-0.25, -0.2) is 14.4 Å². The molecule has 0 aliphatic carbocycles. The maximum absolute atomic E-state index is 11.9. The Hall–Kier alpha value is -3.47. The second kappa shape index (κ2) is 8.40. The molecule has 0 fully saturated rings. The SMILES string of the molecule is CC(=Cc1ccccc1)C(=O)OC(=O)C=Cc1ccccc1C(=O)O. The van der Waals surface area contributed by atoms with E-state index in [1.165, 1.54) is 12.1 Å². The van der Waals surface area contributed by atoms with Gasteiger partial charge in [0.2, 0.25) is 0 Å². The summed E-state index contributed by atoms with van der Waals surface area (Å²) in [4.78, 5) is 34.8. The third-order valence-corrected chi connectivity index (χ3v) is 3.29. The molecule has 5 heteroatoms. The number of ether oxygens (including phenoxy) is 1. The Balaban J connectivity index is 2.04. The molecule has 0 heterocycles. The summed E-state index contributed by atoms with van der Waals surface area (Å²) in [7, 11) is 0. The number of carbonyl (C=O) groups excluding carboxylic acids is 2. The zero-order valence-electron chi connectivity index (χ0n) is 13.5. The van der Waals surface area contributed by atoms with Gasteiger partial charge in [0.15, 0.2) is 0 Å². The van der Waals surface area contributed by atoms with Crippen LogP contribution in [0, 0.1) is 0 Å². The summed E-state index contributed by atoms with van der Waals surface area (Å²) in [5, 5.41) is 9.08. The molecule has 0 atom stereocenters. The van der Waals surface area contributed by atoms with Crippen molar-refractivity contribution in [2.75, 3.05) is 0 Å². The quantitative estimate of drug-likeness (QED) is 0.513. The van der Waals surface area contributed by atoms with Gasteiger partial charge in [-0.05, 0) is 36.3 Å². The molecule has 0 saturated heterocycles. The van der Waals surface area contributed by atoms with Crippen molar-refractivity contribution in [1.82, 2.24) is 0 Å². The van der Waals surface area contributed by atoms with Crippen molar-refractivity contribution >= 4 is 30.1 Å². The van der Waals surface area contributed by atoms with Crippen LogP contribution in [0.25, 0.3) is 12.2 Å². The predicted octanol–water partition coefficient (Wildman–Crippen LogP) is 3.57. The first-order valence-corrected chi connectivity index (χ1v) is 7.47. The number of carboxylic acid groups (broad SMARTS) is 1. The van der Waals surface area contributed by atoms with Gasteiger partial charge in [-0.2, -0.15) is 0 Å². The Labute approximate surface area is 144 Å². The molecular formula is C20H16O5. The van der Waals surface area contributed by atoms with Gasteiger partial charge < -0.3 is 9.84 Å². The third-order valence-electron chi connectivity index (χ3n) is 3.29. The van der Waals surface area contributed by atoms with Crippen molar-refractivity contribution in [2.24, 2.45) is 0 Å². The molecule has 1 N–H and O–H groups in total. The van der Waals surface area contributed by atoms with E-state index in [9.17, 15) is 14.4 Å². The highest BCUT2D eigenvalue weighted by Crippen LogP contribution is 2.11. The first-order valence-electron chi connectivity index (χ1n) is 7.47. The summed E-state index contributed by atoms with van der Waals surface area (Å²) in [5.41, 5.74) is 1.49. The van der Waals surface area contributed by atoms with Gasteiger partial charge in [0.05, 0.1) is 5.56 Å². The van der Waals surface area contributed by atoms with Crippen LogP contribution in [0.2, 0.25) is 0 Å². The molecule has 0 saturated carbocycles. The van der Waals surface area contributed by atoms with Crippen LogP contribution >= 0.6 is 0 Å². The van der Waals surface area contributed by atoms with Crippen LogP contribution in [-0.4, -0.2) is 23.0 Å². The van der Waals surface area contributed by atoms with E-state index in [0.29, 0.717) is 5.56 Å². The molecule has 0 bridgehead atoms. The number of hydrogen-bond acceptors (Lipinski definition) is 4. The van der Waals surface area contributed by atoms with Gasteiger partial charge in [0, 0.05) is 11.6 Å². The van der Waals surface area contributed by atoms with Gasteiger partial charge in [0.1, 0.15) is 0 Å². The lowest BCUT2D eigenvalue weighted by Gasteiger charge is -2.02. The summed E-state index contributed by atoms with van der Waals surface area (Å²) < 4.78 is 4.73. The summed E-state index contributed by atoms with van der Waals surface area (Å²) in [6.07, 6.45) is 3.93. The zero-order chi connectivity index (χ0) is 18.2. The topological polar surface area (TPSA) is 80.7 Å². The van der Waals surface area contributed by atoms with Crippen LogP contribution in [0.15, 0.2) is 66.2 Å². The van der Waals surface area contributed by atoms with Gasteiger partial charge in [-0.3, -0.25) is 0 Å². The van der Waals surface area contributed by atoms with E-state index < -0.39 is 17.9 Å². The van der Waals surface area contributed by atoms with Gasteiger partial charge in [0.25, 0.3) is 0 Å². The van der Waals surface area contributed by atoms with Crippen molar-refractivity contribution in [1.29, 1.82) is 0 Å². The average molecular weight is 336 g/mol. The molecule has 0 aliphatic heterocycles. The highest BCUT2D eigenvalue weighted by molar-refractivity contribution is 6.03. The lowest BCUT2D eigenvalue weighted by Crippen LogP contribution is -2.11. The van der Waals surface area contributed by atoms with Crippen LogP contribution in [0.4, 0.5) is 0 Å². The van der Waals surface area contributed by atoms with Crippen LogP contribution in [0.5, 0.6) is 0 Å². The van der Waals surface area contributed by atoms with E-state index >= 15 is 0 Å². The fourth-order valence-electron chi connectivity index (χ4n) is 2.06. The molecule has 2 aromatic carbocycles. The molecule has 2 rings (SSSR count). The lowest BCUT2D eigenvalue weighted by atomic mass is 10.1.